The molecule has 3 rings (SSSR count). The van der Waals surface area contributed by atoms with E-state index in [9.17, 15) is 4.79 Å². The van der Waals surface area contributed by atoms with Gasteiger partial charge in [-0.15, -0.1) is 11.8 Å². The highest BCUT2D eigenvalue weighted by Gasteiger charge is 2.06. The van der Waals surface area contributed by atoms with Crippen molar-refractivity contribution in [2.75, 3.05) is 20.8 Å². The monoisotopic (exact) mass is 838 g/mol. The molecule has 3 aromatic rings. The van der Waals surface area contributed by atoms with Gasteiger partial charge in [0, 0.05) is 85.2 Å². The molecule has 0 aliphatic rings. The number of thioether (sulfide) groups is 1. The van der Waals surface area contributed by atoms with Gasteiger partial charge in [-0.2, -0.15) is 0 Å². The van der Waals surface area contributed by atoms with Crippen molar-refractivity contribution in [3.05, 3.63) is 274 Å². The topological polar surface area (TPSA) is 54.0 Å². The summed E-state index contributed by atoms with van der Waals surface area (Å²) in [6, 6.07) is 21.9. The summed E-state index contributed by atoms with van der Waals surface area (Å²) in [6.07, 6.45) is 0. The second kappa shape index (κ2) is 34.8. The van der Waals surface area contributed by atoms with Crippen LogP contribution >= 0.6 is 11.8 Å². The van der Waals surface area contributed by atoms with Crippen LogP contribution in [0, 0.1) is 6.92 Å². The molecule has 0 bridgehead atoms. The van der Waals surface area contributed by atoms with Crippen molar-refractivity contribution in [1.29, 1.82) is 0 Å². The van der Waals surface area contributed by atoms with E-state index in [4.69, 9.17) is 14.2 Å². The van der Waals surface area contributed by atoms with Crippen molar-refractivity contribution in [2.24, 2.45) is 0 Å². The van der Waals surface area contributed by atoms with Gasteiger partial charge in [-0.3, -0.25) is 0 Å². The van der Waals surface area contributed by atoms with Crippen LogP contribution in [-0.2, 0) is 21.9 Å². The van der Waals surface area contributed by atoms with E-state index in [1.165, 1.54) is 12.7 Å². The molecule has 0 atom stereocenters. The highest BCUT2D eigenvalue weighted by atomic mass is 32.2. The van der Waals surface area contributed by atoms with E-state index >= 15 is 0 Å². The molecule has 3 aromatic carbocycles. The van der Waals surface area contributed by atoms with Crippen LogP contribution < -0.4 is 14.2 Å². The maximum Gasteiger partial charge on any atom is 0.343 e. The van der Waals surface area contributed by atoms with Gasteiger partial charge in [-0.25, -0.2) is 4.79 Å². The summed E-state index contributed by atoms with van der Waals surface area (Å²) in [5, 5.41) is 0. The molecule has 0 N–H and O–H groups in total. The summed E-state index contributed by atoms with van der Waals surface area (Å²) in [5.41, 5.74) is 80.2. The molecule has 0 aliphatic heterocycles. The molecule has 0 aliphatic carbocycles. The third kappa shape index (κ3) is 25.9. The molecular weight excluding hydrogens is 809 g/mol. The van der Waals surface area contributed by atoms with E-state index in [0.29, 0.717) is 12.4 Å². The number of methoxy groups -OCH3 is 2. The minimum Gasteiger partial charge on any atom is -0.497 e. The van der Waals surface area contributed by atoms with Crippen LogP contribution in [0.4, 0.5) is 0 Å². The number of carbonyl (C=O) groups is 1. The molecule has 0 fully saturated rings. The van der Waals surface area contributed by atoms with Crippen LogP contribution in [-0.4, -0.2) is 26.8 Å². The maximum atomic E-state index is 11.2. The Morgan fingerprint density at radius 1 is 0.484 bits per heavy atom. The van der Waals surface area contributed by atoms with E-state index in [0.717, 1.165) is 33.3 Å². The molecule has 0 spiro atoms. The number of hydrogen-bond donors (Lipinski definition) is 0. The van der Waals surface area contributed by atoms with Crippen molar-refractivity contribution in [3.63, 3.8) is 0 Å². The Kier molecular flexibility index (Phi) is 27.2. The fourth-order valence-electron chi connectivity index (χ4n) is 3.74. The molecule has 64 heavy (non-hydrogen) atoms. The van der Waals surface area contributed by atoms with Gasteiger partial charge in [0.2, 0.25) is 0 Å². The average Bonchev–Trinajstić information content (AvgIpc) is 3.32. The Morgan fingerprint density at radius 2 is 0.859 bits per heavy atom. The van der Waals surface area contributed by atoms with Gasteiger partial charge in [0.15, 0.2) is 6.61 Å². The van der Waals surface area contributed by atoms with E-state index < -0.39 is 5.97 Å². The van der Waals surface area contributed by atoms with Gasteiger partial charge >= 0.3 is 5.97 Å². The third-order valence-corrected chi connectivity index (χ3v) is 7.60. The summed E-state index contributed by atoms with van der Waals surface area (Å²) in [6.45, 7) is 9.01. The van der Waals surface area contributed by atoms with Crippen LogP contribution in [0.5, 0.6) is 17.2 Å². The summed E-state index contributed by atoms with van der Waals surface area (Å²) < 4.78 is 21.1. The zero-order chi connectivity index (χ0) is 46.0. The van der Waals surface area contributed by atoms with E-state index in [1.54, 1.807) is 18.9 Å². The smallest absolute Gasteiger partial charge is 0.343 e. The van der Waals surface area contributed by atoms with Crippen molar-refractivity contribution in [1.82, 2.24) is 0 Å². The van der Waals surface area contributed by atoms with Crippen LogP contribution in [0.1, 0.15) is 16.7 Å². The quantitative estimate of drug-likeness (QED) is 0.115. The number of rotatable bonds is 10. The van der Waals surface area contributed by atoms with Crippen LogP contribution in [0.2, 0.25) is 0 Å². The largest absolute Gasteiger partial charge is 0.497 e. The Labute approximate surface area is 376 Å². The number of ether oxygens (including phenoxy) is 4. The fraction of sp³-hybridized carbons (Fsp3) is 0.103. The number of aryl methyl sites for hydroxylation is 1. The summed E-state index contributed by atoms with van der Waals surface area (Å²) in [4.78, 5) is 12.4. The lowest BCUT2D eigenvalue weighted by atomic mass is 10.2. The van der Waals surface area contributed by atoms with Crippen LogP contribution in [0.15, 0.2) is 262 Å². The first-order chi connectivity index (χ1) is 31.5. The number of carbonyl (C=O) groups excluding carboxylic acids is 1. The molecule has 0 heterocycles. The predicted molar refractivity (Wildman–Crippen MR) is 242 cm³/mol. The van der Waals surface area contributed by atoms with Gasteiger partial charge < -0.3 is 18.9 Å². The van der Waals surface area contributed by atoms with Crippen LogP contribution in [0.3, 0.4) is 0 Å². The first kappa shape index (κ1) is 49.9. The molecule has 6 heteroatoms. The Bertz CT molecular complexity index is 3310. The second-order valence-corrected chi connectivity index (χ2v) is 11.9. The summed E-state index contributed by atoms with van der Waals surface area (Å²) >= 11 is 1.74. The Morgan fingerprint density at radius 3 is 1.22 bits per heavy atom. The SMILES string of the molecule is C=C=C=C=C=C=C=C=C=C=C=C=C=C=C=C=C=C=C=C=C=C=C=C=C=C=C=C=C=C=C=C=C.COC(=O)COc1ccc(SCc2ccc(OCc3ccc(OC)cc3)cc2)cc1C. The zero-order valence-corrected chi connectivity index (χ0v) is 35.7. The van der Waals surface area contributed by atoms with E-state index in [2.05, 4.69) is 214 Å². The average molecular weight is 839 g/mol. The maximum absolute atomic E-state index is 11.2. The van der Waals surface area contributed by atoms with Crippen molar-refractivity contribution in [3.8, 4) is 17.2 Å². The normalized spacial score (nSPS) is 7.05. The van der Waals surface area contributed by atoms with Gasteiger partial charge in [0.05, 0.1) is 14.2 Å². The fourth-order valence-corrected chi connectivity index (χ4v) is 4.69. The summed E-state index contributed by atoms with van der Waals surface area (Å²) in [7, 11) is 3.00. The Hall–Kier alpha value is -10.2. The molecule has 0 unspecified atom stereocenters. The third-order valence-electron chi connectivity index (χ3n) is 6.54. The van der Waals surface area contributed by atoms with Gasteiger partial charge in [0.1, 0.15) is 23.9 Å². The molecule has 0 saturated carbocycles. The molecule has 0 saturated heterocycles. The van der Waals surface area contributed by atoms with Crippen LogP contribution in [0.25, 0.3) is 0 Å². The predicted octanol–water partition coefficient (Wildman–Crippen LogP) is 11.0. The van der Waals surface area contributed by atoms with Gasteiger partial charge in [0.25, 0.3) is 0 Å². The number of hydrogen-bond acceptors (Lipinski definition) is 6. The van der Waals surface area contributed by atoms with Gasteiger partial charge in [-0.1, -0.05) is 35.7 Å². The Balaban J connectivity index is 0.000000440. The van der Waals surface area contributed by atoms with Crippen molar-refractivity contribution < 1.29 is 23.7 Å². The molecule has 5 nitrogen and oxygen atoms in total. The lowest BCUT2D eigenvalue weighted by Crippen LogP contribution is -2.12. The first-order valence-corrected chi connectivity index (χ1v) is 19.0. The molecule has 298 valence electrons. The number of esters is 1. The second-order valence-electron chi connectivity index (χ2n) is 10.8. The lowest BCUT2D eigenvalue weighted by Gasteiger charge is -2.10. The molecule has 0 aromatic heterocycles. The van der Waals surface area contributed by atoms with E-state index in [1.807, 2.05) is 55.5 Å². The van der Waals surface area contributed by atoms with E-state index in [-0.39, 0.29) is 6.61 Å². The minimum atomic E-state index is -0.394. The number of benzene rings is 3. The summed E-state index contributed by atoms with van der Waals surface area (Å²) in [5.74, 6) is 2.82. The molecule has 0 amide bonds. The zero-order valence-electron chi connectivity index (χ0n) is 34.8. The minimum absolute atomic E-state index is 0.0866. The van der Waals surface area contributed by atoms with Crippen molar-refractivity contribution in [2.45, 2.75) is 24.2 Å². The highest BCUT2D eigenvalue weighted by molar-refractivity contribution is 7.98. The lowest BCUT2D eigenvalue weighted by molar-refractivity contribution is -0.142. The standard InChI is InChI=1S/C33H4.C25H26O5S/c1-3-5-7-9-11-13-15-17-19-21-23-25-27-29-31-33-32-30-28-26-24-22-20-18-16-14-12-10-8-6-4-2;1-18-14-23(12-13-24(18)30-16-25(26)28-3)31-17-20-6-10-22(11-7-20)29-15-19-4-8-21(27-2)9-5-19/h1-2H2;4-14H,15-17H2,1-3H3. The first-order valence-electron chi connectivity index (χ1n) is 18.1. The van der Waals surface area contributed by atoms with Crippen molar-refractivity contribution >= 4 is 17.7 Å². The van der Waals surface area contributed by atoms with Gasteiger partial charge in [-0.05, 0) is 171 Å². The molecular formula is C58H30O5S. The highest BCUT2D eigenvalue weighted by Crippen LogP contribution is 2.28. The molecule has 0 radical (unpaired) electrons.